The zero-order valence-electron chi connectivity index (χ0n) is 7.29. The Bertz CT molecular complexity index is 129. The molecule has 0 fully saturated rings. The van der Waals surface area contributed by atoms with Gasteiger partial charge in [-0.2, -0.15) is 0 Å². The smallest absolute Gasteiger partial charge is 0.545 e. The summed E-state index contributed by atoms with van der Waals surface area (Å²) in [5.41, 5.74) is 0. The number of carboxylic acid groups (broad SMARTS) is 2. The predicted molar refractivity (Wildman–Crippen MR) is 30.0 cm³/mol. The minimum atomic E-state index is -1.55. The van der Waals surface area contributed by atoms with E-state index < -0.39 is 11.9 Å². The summed E-state index contributed by atoms with van der Waals surface area (Å²) in [6.45, 7) is 0. The molecular weight excluding hydrogens is 206 g/mol. The van der Waals surface area contributed by atoms with Crippen molar-refractivity contribution in [2.75, 3.05) is 0 Å². The van der Waals surface area contributed by atoms with Crippen LogP contribution >= 0.6 is 0 Å². The normalized spacial score (nSPS) is 5.85. The van der Waals surface area contributed by atoms with Gasteiger partial charge in [0.25, 0.3) is 0 Å². The second-order valence-electron chi connectivity index (χ2n) is 0.971. The fourth-order valence-electron chi connectivity index (χ4n) is 0.136. The van der Waals surface area contributed by atoms with Gasteiger partial charge in [0.05, 0.1) is 11.9 Å². The van der Waals surface area contributed by atoms with Gasteiger partial charge >= 0.3 is 59.1 Å². The Labute approximate surface area is 118 Å². The number of rotatable bonds is 2. The van der Waals surface area contributed by atoms with Gasteiger partial charge in [-0.1, -0.05) is 0 Å². The van der Waals surface area contributed by atoms with E-state index in [-0.39, 0.29) is 75.5 Å². The number of hydrogen-bond donors (Lipinski definition) is 0. The fraction of sp³-hybridized carbons (Fsp3) is 0. The minimum Gasteiger partial charge on any atom is -0.545 e. The molecular formula is C4H8Na2O7. The molecule has 0 aliphatic rings. The summed E-state index contributed by atoms with van der Waals surface area (Å²) < 4.78 is 0. The van der Waals surface area contributed by atoms with E-state index in [2.05, 4.69) is 0 Å². The van der Waals surface area contributed by atoms with Crippen LogP contribution in [0.2, 0.25) is 0 Å². The zero-order valence-corrected chi connectivity index (χ0v) is 11.3. The number of carboxylic acids is 2. The van der Waals surface area contributed by atoms with Crippen molar-refractivity contribution in [2.24, 2.45) is 0 Å². The molecule has 0 aliphatic carbocycles. The number of carbonyl (C=O) groups excluding carboxylic acids is 2. The SMILES string of the molecule is O.O.O.O=C([O-])C=CC(=O)[O-].[Na+].[Na+]. The molecule has 0 aliphatic heterocycles. The van der Waals surface area contributed by atoms with Gasteiger partial charge < -0.3 is 36.2 Å². The van der Waals surface area contributed by atoms with Gasteiger partial charge in [0.1, 0.15) is 0 Å². The third kappa shape index (κ3) is 45.3. The molecule has 68 valence electrons. The molecule has 0 spiro atoms. The van der Waals surface area contributed by atoms with Crippen LogP contribution in [-0.4, -0.2) is 28.4 Å². The van der Waals surface area contributed by atoms with Crippen LogP contribution in [0.4, 0.5) is 0 Å². The van der Waals surface area contributed by atoms with E-state index in [9.17, 15) is 19.8 Å². The molecule has 0 bridgehead atoms. The van der Waals surface area contributed by atoms with Crippen molar-refractivity contribution in [3.63, 3.8) is 0 Å². The summed E-state index contributed by atoms with van der Waals surface area (Å²) in [7, 11) is 0. The summed E-state index contributed by atoms with van der Waals surface area (Å²) in [6, 6.07) is 0. The Hall–Kier alpha value is 0.560. The van der Waals surface area contributed by atoms with Gasteiger partial charge in [0.2, 0.25) is 0 Å². The van der Waals surface area contributed by atoms with Crippen molar-refractivity contribution in [1.29, 1.82) is 0 Å². The maximum atomic E-state index is 9.41. The predicted octanol–water partition coefficient (Wildman–Crippen LogP) is -11.4. The molecule has 0 aromatic rings. The molecule has 0 aromatic heterocycles. The average molecular weight is 214 g/mol. The van der Waals surface area contributed by atoms with Crippen LogP contribution in [0.15, 0.2) is 12.2 Å². The fourth-order valence-corrected chi connectivity index (χ4v) is 0.136. The number of carbonyl (C=O) groups is 2. The molecule has 0 radical (unpaired) electrons. The zero-order chi connectivity index (χ0) is 6.57. The third-order valence-electron chi connectivity index (χ3n) is 0.355. The maximum Gasteiger partial charge on any atom is 1.00 e. The van der Waals surface area contributed by atoms with Crippen LogP contribution in [0, 0.1) is 0 Å². The van der Waals surface area contributed by atoms with Gasteiger partial charge in [-0.3, -0.25) is 0 Å². The van der Waals surface area contributed by atoms with E-state index >= 15 is 0 Å². The van der Waals surface area contributed by atoms with Crippen molar-refractivity contribution < 1.29 is 95.3 Å². The molecule has 9 heteroatoms. The Morgan fingerprint density at radius 3 is 1.00 bits per heavy atom. The standard InChI is InChI=1S/C4H4O4.2Na.3H2O/c5-3(6)1-2-4(7)8;;;;;/h1-2H,(H,5,6)(H,7,8);;;3*1H2/q;2*+1;;;/p-2. The van der Waals surface area contributed by atoms with Gasteiger partial charge in [-0.25, -0.2) is 0 Å². The van der Waals surface area contributed by atoms with Crippen LogP contribution in [0.1, 0.15) is 0 Å². The first kappa shape index (κ1) is 37.4. The van der Waals surface area contributed by atoms with Gasteiger partial charge in [-0.05, 0) is 12.2 Å². The molecule has 13 heavy (non-hydrogen) atoms. The van der Waals surface area contributed by atoms with Crippen molar-refractivity contribution >= 4 is 11.9 Å². The minimum absolute atomic E-state index is 0. The molecule has 0 unspecified atom stereocenters. The van der Waals surface area contributed by atoms with Gasteiger partial charge in [-0.15, -0.1) is 0 Å². The van der Waals surface area contributed by atoms with E-state index in [1.165, 1.54) is 0 Å². The van der Waals surface area contributed by atoms with E-state index in [1.54, 1.807) is 0 Å². The maximum absolute atomic E-state index is 9.41. The Kier molecular flexibility index (Phi) is 65.9. The molecule has 6 N–H and O–H groups in total. The van der Waals surface area contributed by atoms with E-state index in [1.807, 2.05) is 0 Å². The molecule has 7 nitrogen and oxygen atoms in total. The van der Waals surface area contributed by atoms with Crippen LogP contribution < -0.4 is 69.3 Å². The van der Waals surface area contributed by atoms with Crippen molar-refractivity contribution in [1.82, 2.24) is 0 Å². The summed E-state index contributed by atoms with van der Waals surface area (Å²) in [5, 5.41) is 18.8. The first-order valence-corrected chi connectivity index (χ1v) is 1.73. The average Bonchev–Trinajstić information content (AvgIpc) is 1.61. The molecule has 0 saturated carbocycles. The Morgan fingerprint density at radius 2 is 0.923 bits per heavy atom. The van der Waals surface area contributed by atoms with Crippen LogP contribution in [0.5, 0.6) is 0 Å². The second-order valence-corrected chi connectivity index (χ2v) is 0.971. The van der Waals surface area contributed by atoms with Crippen molar-refractivity contribution in [2.45, 2.75) is 0 Å². The van der Waals surface area contributed by atoms with Crippen LogP contribution in [-0.2, 0) is 9.59 Å². The van der Waals surface area contributed by atoms with Gasteiger partial charge in [0, 0.05) is 0 Å². The molecule has 0 heterocycles. The molecule has 0 amide bonds. The van der Waals surface area contributed by atoms with E-state index in [4.69, 9.17) is 0 Å². The first-order chi connectivity index (χ1) is 3.63. The van der Waals surface area contributed by atoms with Crippen LogP contribution in [0.25, 0.3) is 0 Å². The topological polar surface area (TPSA) is 175 Å². The first-order valence-electron chi connectivity index (χ1n) is 1.73. The van der Waals surface area contributed by atoms with E-state index in [0.717, 1.165) is 0 Å². The second kappa shape index (κ2) is 22.9. The molecule has 0 atom stereocenters. The Morgan fingerprint density at radius 1 is 0.769 bits per heavy atom. The van der Waals surface area contributed by atoms with E-state index in [0.29, 0.717) is 12.2 Å². The quantitative estimate of drug-likeness (QED) is 0.327. The third-order valence-corrected chi connectivity index (χ3v) is 0.355. The summed E-state index contributed by atoms with van der Waals surface area (Å²) in [5.74, 6) is -3.09. The summed E-state index contributed by atoms with van der Waals surface area (Å²) >= 11 is 0. The molecule has 0 saturated heterocycles. The molecule has 0 rings (SSSR count). The van der Waals surface area contributed by atoms with Crippen molar-refractivity contribution in [3.05, 3.63) is 12.2 Å². The Balaban J connectivity index is -0.0000000245. The largest absolute Gasteiger partial charge is 1.00 e. The summed E-state index contributed by atoms with van der Waals surface area (Å²) in [4.78, 5) is 18.8. The number of aliphatic carboxylic acids is 2. The summed E-state index contributed by atoms with van der Waals surface area (Å²) in [6.07, 6.45) is 0.769. The van der Waals surface area contributed by atoms with Gasteiger partial charge in [0.15, 0.2) is 0 Å². The molecule has 0 aromatic carbocycles. The van der Waals surface area contributed by atoms with Crippen molar-refractivity contribution in [3.8, 4) is 0 Å². The van der Waals surface area contributed by atoms with Crippen LogP contribution in [0.3, 0.4) is 0 Å². The number of hydrogen-bond acceptors (Lipinski definition) is 4. The monoisotopic (exact) mass is 214 g/mol.